The first-order chi connectivity index (χ1) is 8.97. The van der Waals surface area contributed by atoms with Crippen LogP contribution in [0.15, 0.2) is 24.3 Å². The number of hydrogen-bond donors (Lipinski definition) is 0. The summed E-state index contributed by atoms with van der Waals surface area (Å²) in [5.41, 5.74) is -0.412. The van der Waals surface area contributed by atoms with E-state index in [4.69, 9.17) is 9.47 Å². The number of likely N-dealkylation sites (N-methyl/N-ethyl adjacent to an activating group) is 1. The molecule has 0 atom stereocenters. The van der Waals surface area contributed by atoms with Crippen LogP contribution in [0.3, 0.4) is 0 Å². The molecule has 0 radical (unpaired) electrons. The number of carbonyl (C=O) groups excluding carboxylic acids is 3. The zero-order valence-electron chi connectivity index (χ0n) is 11.5. The molecule has 0 heterocycles. The molecule has 0 spiro atoms. The minimum atomic E-state index is -0.874. The van der Waals surface area contributed by atoms with Crippen molar-refractivity contribution in [1.29, 1.82) is 0 Å². The van der Waals surface area contributed by atoms with Gasteiger partial charge in [0.1, 0.15) is 5.57 Å². The Morgan fingerprint density at radius 3 is 1.95 bits per heavy atom. The highest BCUT2D eigenvalue weighted by molar-refractivity contribution is 6.17. The normalized spacial score (nSPS) is 9.21. The molecule has 0 saturated heterocycles. The minimum Gasteiger partial charge on any atom is -0.462 e. The third-order valence-electron chi connectivity index (χ3n) is 2.04. The summed E-state index contributed by atoms with van der Waals surface area (Å²) < 4.78 is 9.43. The monoisotopic (exact) mass is 269 g/mol. The number of carbonyl (C=O) groups is 3. The van der Waals surface area contributed by atoms with Gasteiger partial charge in [-0.3, -0.25) is 4.79 Å². The van der Waals surface area contributed by atoms with E-state index in [0.29, 0.717) is 6.54 Å². The Kier molecular flexibility index (Phi) is 7.92. The van der Waals surface area contributed by atoms with Crippen LogP contribution in [0.2, 0.25) is 0 Å². The fourth-order valence-electron chi connectivity index (χ4n) is 1.14. The molecule has 0 aromatic heterocycles. The highest BCUT2D eigenvalue weighted by Gasteiger charge is 2.23. The first kappa shape index (κ1) is 16.9. The van der Waals surface area contributed by atoms with E-state index in [1.165, 1.54) is 18.0 Å². The fraction of sp³-hybridized carbons (Fsp3) is 0.462. The average molecular weight is 269 g/mol. The molecule has 0 saturated carbocycles. The van der Waals surface area contributed by atoms with Crippen LogP contribution in [0.5, 0.6) is 0 Å². The van der Waals surface area contributed by atoms with Gasteiger partial charge in [0, 0.05) is 19.7 Å². The molecule has 0 bridgehead atoms. The summed E-state index contributed by atoms with van der Waals surface area (Å²) in [5.74, 6) is -2.25. The van der Waals surface area contributed by atoms with E-state index >= 15 is 0 Å². The number of esters is 2. The summed E-state index contributed by atoms with van der Waals surface area (Å²) >= 11 is 0. The zero-order valence-corrected chi connectivity index (χ0v) is 11.5. The molecule has 0 unspecified atom stereocenters. The Balaban J connectivity index is 5.11. The van der Waals surface area contributed by atoms with Crippen molar-refractivity contribution in [2.45, 2.75) is 13.8 Å². The SMILES string of the molecule is C=CCN(C)C(=O)C=C(C(=O)OCC)C(=O)OCC. The first-order valence-electron chi connectivity index (χ1n) is 5.89. The summed E-state index contributed by atoms with van der Waals surface area (Å²) in [6, 6.07) is 0. The maximum Gasteiger partial charge on any atom is 0.345 e. The predicted octanol–water partition coefficient (Wildman–Crippen LogP) is 0.683. The van der Waals surface area contributed by atoms with Crippen molar-refractivity contribution in [2.24, 2.45) is 0 Å². The van der Waals surface area contributed by atoms with Crippen LogP contribution in [-0.4, -0.2) is 49.6 Å². The van der Waals surface area contributed by atoms with Crippen molar-refractivity contribution in [3.8, 4) is 0 Å². The standard InChI is InChI=1S/C13H19NO5/c1-5-8-14(4)11(15)9-10(12(16)18-6-2)13(17)19-7-3/h5,9H,1,6-8H2,2-4H3. The quantitative estimate of drug-likeness (QED) is 0.223. The Labute approximate surface area is 112 Å². The Morgan fingerprint density at radius 1 is 1.11 bits per heavy atom. The predicted molar refractivity (Wildman–Crippen MR) is 69.2 cm³/mol. The largest absolute Gasteiger partial charge is 0.462 e. The van der Waals surface area contributed by atoms with Crippen molar-refractivity contribution in [3.63, 3.8) is 0 Å². The van der Waals surface area contributed by atoms with Gasteiger partial charge in [0.05, 0.1) is 13.2 Å². The van der Waals surface area contributed by atoms with Crippen LogP contribution < -0.4 is 0 Å². The van der Waals surface area contributed by atoms with E-state index < -0.39 is 23.4 Å². The van der Waals surface area contributed by atoms with E-state index in [2.05, 4.69) is 6.58 Å². The third kappa shape index (κ3) is 5.85. The molecule has 0 fully saturated rings. The maximum absolute atomic E-state index is 11.7. The van der Waals surface area contributed by atoms with Crippen LogP contribution in [0.4, 0.5) is 0 Å². The van der Waals surface area contributed by atoms with Crippen LogP contribution in [0.1, 0.15) is 13.8 Å². The molecule has 19 heavy (non-hydrogen) atoms. The molecule has 0 aliphatic rings. The molecule has 0 rings (SSSR count). The first-order valence-corrected chi connectivity index (χ1v) is 5.89. The van der Waals surface area contributed by atoms with Gasteiger partial charge >= 0.3 is 11.9 Å². The van der Waals surface area contributed by atoms with E-state index in [9.17, 15) is 14.4 Å². The summed E-state index contributed by atoms with van der Waals surface area (Å²) in [6.45, 7) is 7.21. The van der Waals surface area contributed by atoms with Crippen molar-refractivity contribution >= 4 is 17.8 Å². The van der Waals surface area contributed by atoms with Crippen LogP contribution in [-0.2, 0) is 23.9 Å². The van der Waals surface area contributed by atoms with E-state index in [1.807, 2.05) is 0 Å². The topological polar surface area (TPSA) is 72.9 Å². The smallest absolute Gasteiger partial charge is 0.345 e. The lowest BCUT2D eigenvalue weighted by Crippen LogP contribution is -2.27. The molecular formula is C13H19NO5. The average Bonchev–Trinajstić information content (AvgIpc) is 2.36. The number of ether oxygens (including phenoxy) is 2. The Bertz CT molecular complexity index is 366. The van der Waals surface area contributed by atoms with Gasteiger partial charge in [-0.25, -0.2) is 9.59 Å². The lowest BCUT2D eigenvalue weighted by molar-refractivity contribution is -0.147. The molecule has 1 amide bonds. The highest BCUT2D eigenvalue weighted by atomic mass is 16.6. The number of hydrogen-bond acceptors (Lipinski definition) is 5. The molecule has 106 valence electrons. The zero-order chi connectivity index (χ0) is 14.8. The van der Waals surface area contributed by atoms with E-state index in [0.717, 1.165) is 6.08 Å². The molecule has 0 aromatic rings. The number of amides is 1. The van der Waals surface area contributed by atoms with Crippen LogP contribution in [0, 0.1) is 0 Å². The second kappa shape index (κ2) is 8.91. The fourth-order valence-corrected chi connectivity index (χ4v) is 1.14. The van der Waals surface area contributed by atoms with Gasteiger partial charge in [-0.15, -0.1) is 6.58 Å². The molecular weight excluding hydrogens is 250 g/mol. The molecule has 6 nitrogen and oxygen atoms in total. The molecule has 0 N–H and O–H groups in total. The maximum atomic E-state index is 11.7. The van der Waals surface area contributed by atoms with Gasteiger partial charge in [0.15, 0.2) is 0 Å². The van der Waals surface area contributed by atoms with Gasteiger partial charge in [0.25, 0.3) is 0 Å². The minimum absolute atomic E-state index is 0.103. The highest BCUT2D eigenvalue weighted by Crippen LogP contribution is 2.04. The summed E-state index contributed by atoms with van der Waals surface area (Å²) in [4.78, 5) is 36.2. The molecule has 0 aliphatic heterocycles. The van der Waals surface area contributed by atoms with Crippen molar-refractivity contribution in [2.75, 3.05) is 26.8 Å². The lowest BCUT2D eigenvalue weighted by Gasteiger charge is -2.13. The van der Waals surface area contributed by atoms with E-state index in [-0.39, 0.29) is 13.2 Å². The second-order valence-electron chi connectivity index (χ2n) is 3.51. The van der Waals surface area contributed by atoms with Crippen LogP contribution in [0.25, 0.3) is 0 Å². The summed E-state index contributed by atoms with van der Waals surface area (Å²) in [7, 11) is 1.52. The summed E-state index contributed by atoms with van der Waals surface area (Å²) in [6.07, 6.45) is 2.44. The van der Waals surface area contributed by atoms with Crippen molar-refractivity contribution in [1.82, 2.24) is 4.90 Å². The number of nitrogens with zero attached hydrogens (tertiary/aromatic N) is 1. The summed E-state index contributed by atoms with van der Waals surface area (Å²) in [5, 5.41) is 0. The van der Waals surface area contributed by atoms with E-state index in [1.54, 1.807) is 13.8 Å². The van der Waals surface area contributed by atoms with Crippen molar-refractivity contribution < 1.29 is 23.9 Å². The van der Waals surface area contributed by atoms with Gasteiger partial charge in [-0.05, 0) is 13.8 Å². The Hall–Kier alpha value is -2.11. The molecule has 6 heteroatoms. The van der Waals surface area contributed by atoms with Gasteiger partial charge < -0.3 is 14.4 Å². The molecule has 0 aromatic carbocycles. The van der Waals surface area contributed by atoms with Crippen LogP contribution >= 0.6 is 0 Å². The van der Waals surface area contributed by atoms with Crippen molar-refractivity contribution in [3.05, 3.63) is 24.3 Å². The number of rotatable bonds is 7. The van der Waals surface area contributed by atoms with Gasteiger partial charge in [-0.1, -0.05) is 6.08 Å². The second-order valence-corrected chi connectivity index (χ2v) is 3.51. The van der Waals surface area contributed by atoms with Gasteiger partial charge in [0.2, 0.25) is 5.91 Å². The third-order valence-corrected chi connectivity index (χ3v) is 2.04. The van der Waals surface area contributed by atoms with Gasteiger partial charge in [-0.2, -0.15) is 0 Å². The lowest BCUT2D eigenvalue weighted by atomic mass is 10.2. The molecule has 0 aliphatic carbocycles. The Morgan fingerprint density at radius 2 is 1.58 bits per heavy atom.